The van der Waals surface area contributed by atoms with E-state index in [2.05, 4.69) is 10.3 Å². The molecule has 0 bridgehead atoms. The summed E-state index contributed by atoms with van der Waals surface area (Å²) in [6.45, 7) is 3.41. The molecule has 0 radical (unpaired) electrons. The molecule has 1 amide bonds. The Bertz CT molecular complexity index is 891. The molecule has 0 unspecified atom stereocenters. The molecule has 1 aliphatic heterocycles. The summed E-state index contributed by atoms with van der Waals surface area (Å²) in [5, 5.41) is 3.04. The molecular formula is C20H22N2O5S. The highest BCUT2D eigenvalue weighted by molar-refractivity contribution is 7.16. The van der Waals surface area contributed by atoms with Gasteiger partial charge in [0.15, 0.2) is 10.8 Å². The van der Waals surface area contributed by atoms with Gasteiger partial charge in [-0.15, -0.1) is 11.3 Å². The Morgan fingerprint density at radius 1 is 1.29 bits per heavy atom. The van der Waals surface area contributed by atoms with Gasteiger partial charge in [0.1, 0.15) is 5.60 Å². The monoisotopic (exact) mass is 402 g/mol. The Morgan fingerprint density at radius 2 is 2.00 bits per heavy atom. The van der Waals surface area contributed by atoms with Crippen LogP contribution in [0.3, 0.4) is 0 Å². The number of ether oxygens (including phenoxy) is 2. The third kappa shape index (κ3) is 4.39. The van der Waals surface area contributed by atoms with E-state index < -0.39 is 23.5 Å². The number of nitrogens with zero attached hydrogens (tertiary/aromatic N) is 1. The third-order valence-corrected chi connectivity index (χ3v) is 5.72. The zero-order valence-corrected chi connectivity index (χ0v) is 16.8. The van der Waals surface area contributed by atoms with Crippen LogP contribution in [0.4, 0.5) is 5.13 Å². The number of rotatable bonds is 6. The Labute approximate surface area is 167 Å². The fourth-order valence-electron chi connectivity index (χ4n) is 3.15. The third-order valence-electron chi connectivity index (χ3n) is 4.69. The van der Waals surface area contributed by atoms with Crippen molar-refractivity contribution in [3.63, 3.8) is 0 Å². The minimum absolute atomic E-state index is 0.0227. The molecule has 1 N–H and O–H groups in total. The molecule has 7 nitrogen and oxygen atoms in total. The van der Waals surface area contributed by atoms with E-state index in [0.29, 0.717) is 11.6 Å². The molecule has 1 aliphatic rings. The van der Waals surface area contributed by atoms with Gasteiger partial charge in [0.2, 0.25) is 5.91 Å². The molecule has 8 heteroatoms. The summed E-state index contributed by atoms with van der Waals surface area (Å²) >= 11 is 1.24. The first-order valence-corrected chi connectivity index (χ1v) is 9.76. The minimum Gasteiger partial charge on any atom is -0.464 e. The van der Waals surface area contributed by atoms with Gasteiger partial charge in [-0.1, -0.05) is 30.3 Å². The minimum atomic E-state index is -0.875. The maximum Gasteiger partial charge on any atom is 0.357 e. The Morgan fingerprint density at radius 3 is 2.61 bits per heavy atom. The molecular weight excluding hydrogens is 380 g/mol. The van der Waals surface area contributed by atoms with Crippen LogP contribution in [-0.4, -0.2) is 35.5 Å². The quantitative estimate of drug-likeness (QED) is 0.747. The average molecular weight is 402 g/mol. The summed E-state index contributed by atoms with van der Waals surface area (Å²) in [4.78, 5) is 41.3. The average Bonchev–Trinajstić information content (AvgIpc) is 3.19. The molecule has 1 aromatic heterocycles. The molecule has 28 heavy (non-hydrogen) atoms. The Balaban J connectivity index is 1.76. The van der Waals surface area contributed by atoms with Crippen molar-refractivity contribution in [3.05, 3.63) is 46.5 Å². The van der Waals surface area contributed by atoms with Gasteiger partial charge in [0.05, 0.1) is 19.4 Å². The fourth-order valence-corrected chi connectivity index (χ4v) is 4.10. The van der Waals surface area contributed by atoms with Gasteiger partial charge in [-0.25, -0.2) is 9.78 Å². The van der Waals surface area contributed by atoms with Gasteiger partial charge in [0, 0.05) is 4.88 Å². The summed E-state index contributed by atoms with van der Waals surface area (Å²) in [6, 6.07) is 9.90. The molecule has 3 rings (SSSR count). The van der Waals surface area contributed by atoms with Crippen molar-refractivity contribution in [1.82, 2.24) is 4.98 Å². The number of aromatic nitrogens is 1. The predicted molar refractivity (Wildman–Crippen MR) is 104 cm³/mol. The van der Waals surface area contributed by atoms with Crippen LogP contribution in [0.2, 0.25) is 0 Å². The van der Waals surface area contributed by atoms with Gasteiger partial charge < -0.3 is 14.8 Å². The normalized spacial score (nSPS) is 17.8. The Hall–Kier alpha value is -2.74. The summed E-state index contributed by atoms with van der Waals surface area (Å²) in [5.74, 6) is -1.91. The molecule has 0 saturated carbocycles. The van der Waals surface area contributed by atoms with Crippen molar-refractivity contribution >= 4 is 34.3 Å². The Kier molecular flexibility index (Phi) is 5.79. The number of carbonyl (C=O) groups is 3. The van der Waals surface area contributed by atoms with Gasteiger partial charge in [-0.3, -0.25) is 9.59 Å². The predicted octanol–water partition coefficient (Wildman–Crippen LogP) is 3.00. The molecule has 1 atom stereocenters. The topological polar surface area (TPSA) is 94.6 Å². The van der Waals surface area contributed by atoms with Crippen LogP contribution < -0.4 is 5.32 Å². The maximum absolute atomic E-state index is 12.6. The number of hydrogen-bond donors (Lipinski definition) is 1. The molecule has 2 heterocycles. The van der Waals surface area contributed by atoms with Gasteiger partial charge in [0.25, 0.3) is 0 Å². The smallest absolute Gasteiger partial charge is 0.357 e. The highest BCUT2D eigenvalue weighted by Gasteiger charge is 2.46. The summed E-state index contributed by atoms with van der Waals surface area (Å²) in [5.41, 5.74) is 0.470. The van der Waals surface area contributed by atoms with E-state index in [4.69, 9.17) is 9.47 Å². The zero-order valence-electron chi connectivity index (χ0n) is 16.0. The molecule has 1 saturated heterocycles. The number of thiazole rings is 1. The number of hydrogen-bond acceptors (Lipinski definition) is 7. The van der Waals surface area contributed by atoms with E-state index >= 15 is 0 Å². The maximum atomic E-state index is 12.6. The van der Waals surface area contributed by atoms with Gasteiger partial charge in [-0.05, 0) is 32.3 Å². The standard InChI is InChI=1S/C20H22N2O5S/c1-20(2)13(11-15(23)27-20)17(24)22-19-21-16(18(25)26-3)14(28-19)10-9-12-7-5-4-6-8-12/h4-8,13H,9-11H2,1-3H3,(H,21,22,24)/t13-/m1/s1. The summed E-state index contributed by atoms with van der Waals surface area (Å²) < 4.78 is 10.0. The van der Waals surface area contributed by atoms with E-state index in [0.717, 1.165) is 16.9 Å². The first-order chi connectivity index (χ1) is 13.3. The van der Waals surface area contributed by atoms with Crippen LogP contribution >= 0.6 is 11.3 Å². The van der Waals surface area contributed by atoms with Crippen molar-refractivity contribution in [2.24, 2.45) is 5.92 Å². The number of nitrogens with one attached hydrogen (secondary N) is 1. The lowest BCUT2D eigenvalue weighted by Crippen LogP contribution is -2.36. The molecule has 1 aromatic carbocycles. The van der Waals surface area contributed by atoms with E-state index in [1.807, 2.05) is 30.3 Å². The number of anilines is 1. The number of benzene rings is 1. The molecule has 1 fully saturated rings. The lowest BCUT2D eigenvalue weighted by Gasteiger charge is -2.23. The van der Waals surface area contributed by atoms with E-state index in [9.17, 15) is 14.4 Å². The lowest BCUT2D eigenvalue weighted by atomic mass is 9.90. The molecule has 148 valence electrons. The van der Waals surface area contributed by atoms with Crippen molar-refractivity contribution in [2.45, 2.75) is 38.7 Å². The lowest BCUT2D eigenvalue weighted by molar-refractivity contribution is -0.147. The van der Waals surface area contributed by atoms with Crippen LogP contribution in [0.5, 0.6) is 0 Å². The van der Waals surface area contributed by atoms with Crippen LogP contribution in [-0.2, 0) is 31.9 Å². The van der Waals surface area contributed by atoms with E-state index in [-0.39, 0.29) is 18.0 Å². The number of cyclic esters (lactones) is 1. The molecule has 0 aliphatic carbocycles. The first kappa shape index (κ1) is 20.0. The second-order valence-electron chi connectivity index (χ2n) is 7.09. The number of methoxy groups -OCH3 is 1. The van der Waals surface area contributed by atoms with Gasteiger partial charge in [-0.2, -0.15) is 0 Å². The van der Waals surface area contributed by atoms with Crippen LogP contribution in [0, 0.1) is 5.92 Å². The summed E-state index contributed by atoms with van der Waals surface area (Å²) in [6.07, 6.45) is 1.35. The van der Waals surface area contributed by atoms with Crippen LogP contribution in [0.25, 0.3) is 0 Å². The van der Waals surface area contributed by atoms with Crippen molar-refractivity contribution in [3.8, 4) is 0 Å². The van der Waals surface area contributed by atoms with E-state index in [1.165, 1.54) is 18.4 Å². The second-order valence-corrected chi connectivity index (χ2v) is 8.18. The number of esters is 2. The SMILES string of the molecule is COC(=O)c1nc(NC(=O)[C@H]2CC(=O)OC2(C)C)sc1CCc1ccccc1. The highest BCUT2D eigenvalue weighted by atomic mass is 32.1. The van der Waals surface area contributed by atoms with Crippen LogP contribution in [0.15, 0.2) is 30.3 Å². The zero-order chi connectivity index (χ0) is 20.3. The van der Waals surface area contributed by atoms with Gasteiger partial charge >= 0.3 is 11.9 Å². The number of amides is 1. The van der Waals surface area contributed by atoms with Crippen molar-refractivity contribution in [2.75, 3.05) is 12.4 Å². The van der Waals surface area contributed by atoms with Crippen LogP contribution in [0.1, 0.15) is 41.2 Å². The number of carbonyl (C=O) groups excluding carboxylic acids is 3. The molecule has 0 spiro atoms. The van der Waals surface area contributed by atoms with Crippen molar-refractivity contribution < 1.29 is 23.9 Å². The second kappa shape index (κ2) is 8.10. The molecule has 2 aromatic rings. The summed E-state index contributed by atoms with van der Waals surface area (Å²) in [7, 11) is 1.30. The number of aryl methyl sites for hydroxylation is 2. The van der Waals surface area contributed by atoms with E-state index in [1.54, 1.807) is 13.8 Å². The first-order valence-electron chi connectivity index (χ1n) is 8.95. The largest absolute Gasteiger partial charge is 0.464 e. The highest BCUT2D eigenvalue weighted by Crippen LogP contribution is 2.34. The van der Waals surface area contributed by atoms with Crippen molar-refractivity contribution in [1.29, 1.82) is 0 Å². The fraction of sp³-hybridized carbons (Fsp3) is 0.400.